The largest absolute Gasteiger partial charge is 0.364 e. The second-order valence-electron chi connectivity index (χ2n) is 6.43. The molecule has 0 radical (unpaired) electrons. The Bertz CT molecular complexity index is 983. The summed E-state index contributed by atoms with van der Waals surface area (Å²) in [6.45, 7) is 4.68. The van der Waals surface area contributed by atoms with Gasteiger partial charge in [0.2, 0.25) is 0 Å². The van der Waals surface area contributed by atoms with E-state index < -0.39 is 0 Å². The number of rotatable bonds is 4. The molecule has 26 heavy (non-hydrogen) atoms. The van der Waals surface area contributed by atoms with E-state index in [1.807, 2.05) is 31.2 Å². The topological polar surface area (TPSA) is 62.7 Å². The zero-order valence-electron chi connectivity index (χ0n) is 14.6. The fourth-order valence-corrected chi connectivity index (χ4v) is 3.21. The Kier molecular flexibility index (Phi) is 4.82. The number of hydrogen-bond acceptors (Lipinski definition) is 5. The molecule has 2 aromatic heterocycles. The van der Waals surface area contributed by atoms with Crippen molar-refractivity contribution in [2.75, 3.05) is 25.0 Å². The fraction of sp³-hybridized carbons (Fsp3) is 0.250. The number of nitrogens with zero attached hydrogens (tertiary/aromatic N) is 3. The maximum Gasteiger partial charge on any atom is 0.155 e. The summed E-state index contributed by atoms with van der Waals surface area (Å²) in [7, 11) is 0. The van der Waals surface area contributed by atoms with Crippen molar-refractivity contribution < 1.29 is 0 Å². The predicted molar refractivity (Wildman–Crippen MR) is 107 cm³/mol. The fourth-order valence-electron chi connectivity index (χ4n) is 3.03. The number of halogens is 1. The number of pyridine rings is 1. The van der Waals surface area contributed by atoms with Crippen molar-refractivity contribution in [2.24, 2.45) is 0 Å². The third-order valence-corrected chi connectivity index (χ3v) is 4.92. The number of aryl methyl sites for hydroxylation is 1. The lowest BCUT2D eigenvalue weighted by Crippen LogP contribution is -2.25. The molecule has 6 heteroatoms. The molecule has 4 rings (SSSR count). The first-order chi connectivity index (χ1) is 12.7. The highest BCUT2D eigenvalue weighted by Crippen LogP contribution is 2.28. The summed E-state index contributed by atoms with van der Waals surface area (Å²) in [5.74, 6) is 0.744. The second kappa shape index (κ2) is 7.40. The Hall–Kier alpha value is -2.50. The smallest absolute Gasteiger partial charge is 0.155 e. The maximum atomic E-state index is 6.30. The van der Waals surface area contributed by atoms with Gasteiger partial charge in [0.1, 0.15) is 5.52 Å². The Morgan fingerprint density at radius 2 is 2.08 bits per heavy atom. The third-order valence-electron chi connectivity index (χ3n) is 4.51. The Labute approximate surface area is 157 Å². The van der Waals surface area contributed by atoms with Gasteiger partial charge < -0.3 is 10.6 Å². The lowest BCUT2D eigenvalue weighted by atomic mass is 10.1. The zero-order valence-corrected chi connectivity index (χ0v) is 15.3. The van der Waals surface area contributed by atoms with Crippen molar-refractivity contribution in [3.8, 4) is 11.3 Å². The van der Waals surface area contributed by atoms with Gasteiger partial charge in [-0.15, -0.1) is 0 Å². The van der Waals surface area contributed by atoms with E-state index in [2.05, 4.69) is 26.7 Å². The minimum atomic E-state index is 0.733. The SMILES string of the molecule is Cc1ccc(-c2cc3nccnc3c(NCC3=CCCNC3)n2)cc1Cl. The molecule has 1 aromatic carbocycles. The van der Waals surface area contributed by atoms with Crippen LogP contribution in [-0.4, -0.2) is 34.6 Å². The monoisotopic (exact) mass is 365 g/mol. The van der Waals surface area contributed by atoms with Crippen LogP contribution in [0.25, 0.3) is 22.3 Å². The van der Waals surface area contributed by atoms with Gasteiger partial charge in [0, 0.05) is 36.1 Å². The van der Waals surface area contributed by atoms with Gasteiger partial charge in [-0.05, 0) is 43.2 Å². The molecule has 0 amide bonds. The molecule has 0 unspecified atom stereocenters. The van der Waals surface area contributed by atoms with Gasteiger partial charge in [-0.3, -0.25) is 4.98 Å². The van der Waals surface area contributed by atoms with Gasteiger partial charge >= 0.3 is 0 Å². The second-order valence-corrected chi connectivity index (χ2v) is 6.83. The standard InChI is InChI=1S/C20H20ClN5/c1-13-4-5-15(9-16(13)21)17-10-18-19(24-8-7-23-18)20(26-17)25-12-14-3-2-6-22-11-14/h3-5,7-10,22H,2,6,11-12H2,1H3,(H,25,26). The van der Waals surface area contributed by atoms with Gasteiger partial charge in [0.15, 0.2) is 5.82 Å². The Balaban J connectivity index is 1.72. The summed E-state index contributed by atoms with van der Waals surface area (Å²) in [4.78, 5) is 13.7. The first kappa shape index (κ1) is 16.9. The molecule has 0 spiro atoms. The van der Waals surface area contributed by atoms with Gasteiger partial charge in [0.05, 0.1) is 11.2 Å². The quantitative estimate of drug-likeness (QED) is 0.684. The summed E-state index contributed by atoms with van der Waals surface area (Å²) >= 11 is 6.30. The molecule has 0 fully saturated rings. The van der Waals surface area contributed by atoms with Gasteiger partial charge in [0.25, 0.3) is 0 Å². The van der Waals surface area contributed by atoms with Crippen molar-refractivity contribution in [1.29, 1.82) is 0 Å². The predicted octanol–water partition coefficient (Wildman–Crippen LogP) is 3.99. The summed E-state index contributed by atoms with van der Waals surface area (Å²) in [6.07, 6.45) is 6.73. The minimum absolute atomic E-state index is 0.733. The first-order valence-corrected chi connectivity index (χ1v) is 9.09. The van der Waals surface area contributed by atoms with E-state index in [1.165, 1.54) is 5.57 Å². The van der Waals surface area contributed by atoms with Crippen LogP contribution in [0.1, 0.15) is 12.0 Å². The van der Waals surface area contributed by atoms with Gasteiger partial charge in [-0.1, -0.05) is 29.8 Å². The zero-order chi connectivity index (χ0) is 17.9. The lowest BCUT2D eigenvalue weighted by molar-refractivity contribution is 0.697. The van der Waals surface area contributed by atoms with Crippen molar-refractivity contribution in [3.05, 3.63) is 58.9 Å². The molecule has 1 aliphatic heterocycles. The Morgan fingerprint density at radius 3 is 2.88 bits per heavy atom. The van der Waals surface area contributed by atoms with Crippen molar-refractivity contribution >= 4 is 28.5 Å². The highest BCUT2D eigenvalue weighted by molar-refractivity contribution is 6.31. The number of benzene rings is 1. The van der Waals surface area contributed by atoms with E-state index >= 15 is 0 Å². The molecule has 3 aromatic rings. The molecule has 0 atom stereocenters. The number of nitrogens with one attached hydrogen (secondary N) is 2. The van der Waals surface area contributed by atoms with Crippen LogP contribution in [0.3, 0.4) is 0 Å². The first-order valence-electron chi connectivity index (χ1n) is 8.71. The van der Waals surface area contributed by atoms with Crippen molar-refractivity contribution in [1.82, 2.24) is 20.3 Å². The molecule has 0 bridgehead atoms. The number of fused-ring (bicyclic) bond motifs is 1. The molecular formula is C20H20ClN5. The average Bonchev–Trinajstić information content (AvgIpc) is 2.69. The van der Waals surface area contributed by atoms with E-state index in [0.29, 0.717) is 0 Å². The normalized spacial score (nSPS) is 14.3. The van der Waals surface area contributed by atoms with Crippen LogP contribution in [0.15, 0.2) is 48.3 Å². The molecule has 5 nitrogen and oxygen atoms in total. The summed E-state index contributed by atoms with van der Waals surface area (Å²) in [5, 5.41) is 7.56. The third kappa shape index (κ3) is 3.54. The van der Waals surface area contributed by atoms with Crippen LogP contribution in [0.4, 0.5) is 5.82 Å². The lowest BCUT2D eigenvalue weighted by Gasteiger charge is -2.16. The summed E-state index contributed by atoms with van der Waals surface area (Å²) < 4.78 is 0. The molecule has 132 valence electrons. The highest BCUT2D eigenvalue weighted by Gasteiger charge is 2.11. The van der Waals surface area contributed by atoms with Gasteiger partial charge in [-0.25, -0.2) is 9.97 Å². The van der Waals surface area contributed by atoms with E-state index in [4.69, 9.17) is 16.6 Å². The Morgan fingerprint density at radius 1 is 1.19 bits per heavy atom. The summed E-state index contributed by atoms with van der Waals surface area (Å²) in [5.41, 5.74) is 5.77. The van der Waals surface area contributed by atoms with Crippen LogP contribution in [0.2, 0.25) is 5.02 Å². The van der Waals surface area contributed by atoms with Crippen LogP contribution >= 0.6 is 11.6 Å². The minimum Gasteiger partial charge on any atom is -0.364 e. The van der Waals surface area contributed by atoms with E-state index in [0.717, 1.165) is 64.7 Å². The van der Waals surface area contributed by atoms with E-state index in [1.54, 1.807) is 12.4 Å². The van der Waals surface area contributed by atoms with E-state index in [-0.39, 0.29) is 0 Å². The van der Waals surface area contributed by atoms with Crippen LogP contribution < -0.4 is 10.6 Å². The number of hydrogen-bond donors (Lipinski definition) is 2. The highest BCUT2D eigenvalue weighted by atomic mass is 35.5. The molecular weight excluding hydrogens is 346 g/mol. The number of anilines is 1. The molecule has 3 heterocycles. The number of aromatic nitrogens is 3. The van der Waals surface area contributed by atoms with Crippen LogP contribution in [0, 0.1) is 6.92 Å². The average molecular weight is 366 g/mol. The molecule has 0 saturated carbocycles. The maximum absolute atomic E-state index is 6.30. The van der Waals surface area contributed by atoms with Crippen LogP contribution in [0.5, 0.6) is 0 Å². The van der Waals surface area contributed by atoms with Crippen LogP contribution in [-0.2, 0) is 0 Å². The molecule has 2 N–H and O–H groups in total. The van der Waals surface area contributed by atoms with Crippen molar-refractivity contribution in [3.63, 3.8) is 0 Å². The molecule has 1 aliphatic rings. The van der Waals surface area contributed by atoms with Crippen molar-refractivity contribution in [2.45, 2.75) is 13.3 Å². The van der Waals surface area contributed by atoms with E-state index in [9.17, 15) is 0 Å². The molecule has 0 aliphatic carbocycles. The summed E-state index contributed by atoms with van der Waals surface area (Å²) in [6, 6.07) is 7.93. The van der Waals surface area contributed by atoms with Gasteiger partial charge in [-0.2, -0.15) is 0 Å². The molecule has 0 saturated heterocycles.